The van der Waals surface area contributed by atoms with Crippen molar-refractivity contribution in [1.82, 2.24) is 0 Å². The summed E-state index contributed by atoms with van der Waals surface area (Å²) in [7, 11) is 3.31. The summed E-state index contributed by atoms with van der Waals surface area (Å²) in [6, 6.07) is 3.99. The second kappa shape index (κ2) is 10.5. The van der Waals surface area contributed by atoms with E-state index in [9.17, 15) is 49.7 Å². The number of Topliss-reactive ketones (excluding diaryl/α,β-unsaturated/α-hetero) is 2. The zero-order valence-corrected chi connectivity index (χ0v) is 23.9. The Kier molecular flexibility index (Phi) is 7.26. The molecule has 2 aromatic carbocycles. The number of hydrogen-bond donors (Lipinski definition) is 7. The number of carbonyl (C=O) groups is 4. The zero-order chi connectivity index (χ0) is 32.4. The van der Waals surface area contributed by atoms with Gasteiger partial charge in [-0.1, -0.05) is 11.6 Å². The molecule has 0 aromatic heterocycles. The van der Waals surface area contributed by atoms with Gasteiger partial charge in [-0.25, -0.2) is 4.79 Å². The van der Waals surface area contributed by atoms with Crippen LogP contribution in [0.25, 0.3) is 5.76 Å². The number of primary amides is 1. The van der Waals surface area contributed by atoms with Crippen molar-refractivity contribution in [3.8, 4) is 5.75 Å². The second-order valence-corrected chi connectivity index (χ2v) is 11.4. The van der Waals surface area contributed by atoms with E-state index in [-0.39, 0.29) is 40.4 Å². The van der Waals surface area contributed by atoms with E-state index in [4.69, 9.17) is 17.3 Å². The van der Waals surface area contributed by atoms with Crippen molar-refractivity contribution < 1.29 is 44.5 Å². The molecule has 2 aromatic rings. The Morgan fingerprint density at radius 2 is 1.77 bits per heavy atom. The fourth-order valence-corrected chi connectivity index (χ4v) is 6.37. The van der Waals surface area contributed by atoms with Crippen LogP contribution in [0.5, 0.6) is 5.75 Å². The number of nitro benzene ring substituents is 1. The van der Waals surface area contributed by atoms with Gasteiger partial charge < -0.3 is 41.7 Å². The number of fused-ring (bicyclic) bond motifs is 3. The van der Waals surface area contributed by atoms with Crippen LogP contribution in [0.2, 0.25) is 5.02 Å². The molecular formula is C28H26ClN5O10. The summed E-state index contributed by atoms with van der Waals surface area (Å²) < 4.78 is 0. The number of ketones is 2. The molecule has 0 saturated heterocycles. The number of anilines is 3. The Hall–Kier alpha value is -5.15. The maximum Gasteiger partial charge on any atom is 0.323 e. The van der Waals surface area contributed by atoms with Crippen molar-refractivity contribution in [2.75, 3.05) is 29.6 Å². The van der Waals surface area contributed by atoms with Gasteiger partial charge in [-0.2, -0.15) is 0 Å². The fraction of sp³-hybridized carbons (Fsp3) is 0.286. The zero-order valence-electron chi connectivity index (χ0n) is 23.2. The number of halogens is 1. The van der Waals surface area contributed by atoms with Crippen LogP contribution in [0, 0.1) is 22.0 Å². The first-order chi connectivity index (χ1) is 20.6. The first-order valence-electron chi connectivity index (χ1n) is 13.1. The molecule has 16 heteroatoms. The first-order valence-corrected chi connectivity index (χ1v) is 13.5. The highest BCUT2D eigenvalue weighted by Gasteiger charge is 2.60. The normalized spacial score (nSPS) is 22.5. The average molecular weight is 628 g/mol. The highest BCUT2D eigenvalue weighted by atomic mass is 35.5. The van der Waals surface area contributed by atoms with Gasteiger partial charge in [0.25, 0.3) is 11.6 Å². The van der Waals surface area contributed by atoms with E-state index >= 15 is 0 Å². The lowest BCUT2D eigenvalue weighted by atomic mass is 9.59. The lowest BCUT2D eigenvalue weighted by molar-refractivity contribution is -0.383. The Bertz CT molecular complexity index is 1770. The highest BCUT2D eigenvalue weighted by Crippen LogP contribution is 2.54. The average Bonchev–Trinajstić information content (AvgIpc) is 2.92. The molecular weight excluding hydrogens is 602 g/mol. The number of aromatic hydroxyl groups is 1. The molecule has 15 nitrogen and oxygen atoms in total. The van der Waals surface area contributed by atoms with Crippen LogP contribution in [-0.4, -0.2) is 68.6 Å². The van der Waals surface area contributed by atoms with Crippen molar-refractivity contribution in [3.05, 3.63) is 67.4 Å². The van der Waals surface area contributed by atoms with Crippen molar-refractivity contribution in [2.24, 2.45) is 17.6 Å². The van der Waals surface area contributed by atoms with Gasteiger partial charge in [0.05, 0.1) is 16.2 Å². The van der Waals surface area contributed by atoms with E-state index in [1.807, 2.05) is 0 Å². The van der Waals surface area contributed by atoms with Crippen LogP contribution < -0.4 is 21.3 Å². The molecule has 0 radical (unpaired) electrons. The quantitative estimate of drug-likeness (QED) is 0.110. The van der Waals surface area contributed by atoms with Crippen LogP contribution in [0.15, 0.2) is 41.2 Å². The number of hydrogen-bond acceptors (Lipinski definition) is 11. The molecule has 0 unspecified atom stereocenters. The fourth-order valence-electron chi connectivity index (χ4n) is 6.20. The molecule has 3 aliphatic rings. The number of aliphatic hydroxyl groups is 3. The molecule has 0 heterocycles. The summed E-state index contributed by atoms with van der Waals surface area (Å²) in [6.45, 7) is 0. The molecule has 3 aliphatic carbocycles. The Labute approximate surface area is 253 Å². The van der Waals surface area contributed by atoms with Gasteiger partial charge in [0.1, 0.15) is 22.8 Å². The number of phenolic OH excluding ortho intramolecular Hbond substituents is 1. The van der Waals surface area contributed by atoms with Crippen LogP contribution in [-0.2, 0) is 20.8 Å². The largest absolute Gasteiger partial charge is 0.508 e. The van der Waals surface area contributed by atoms with Crippen molar-refractivity contribution in [2.45, 2.75) is 24.9 Å². The maximum absolute atomic E-state index is 13.8. The Balaban J connectivity index is 1.59. The number of carbonyl (C=O) groups excluding carboxylic acids is 4. The van der Waals surface area contributed by atoms with Crippen molar-refractivity contribution in [3.63, 3.8) is 0 Å². The number of rotatable bonds is 5. The minimum absolute atomic E-state index is 0.0428. The smallest absolute Gasteiger partial charge is 0.323 e. The summed E-state index contributed by atoms with van der Waals surface area (Å²) >= 11 is 5.83. The number of aliphatic hydroxyl groups excluding tert-OH is 2. The number of amides is 3. The Morgan fingerprint density at radius 1 is 1.11 bits per heavy atom. The van der Waals surface area contributed by atoms with Gasteiger partial charge >= 0.3 is 6.03 Å². The third kappa shape index (κ3) is 4.57. The van der Waals surface area contributed by atoms with Crippen LogP contribution in [0.1, 0.15) is 24.0 Å². The highest BCUT2D eigenvalue weighted by molar-refractivity contribution is 6.31. The number of nitrogens with one attached hydrogen (secondary N) is 2. The van der Waals surface area contributed by atoms with Crippen LogP contribution in [0.3, 0.4) is 0 Å². The van der Waals surface area contributed by atoms with E-state index in [1.54, 1.807) is 19.0 Å². The van der Waals surface area contributed by atoms with Gasteiger partial charge in [0.2, 0.25) is 5.78 Å². The molecule has 44 heavy (non-hydrogen) atoms. The van der Waals surface area contributed by atoms with Crippen LogP contribution >= 0.6 is 11.6 Å². The van der Waals surface area contributed by atoms with Gasteiger partial charge in [-0.05, 0) is 42.5 Å². The Morgan fingerprint density at radius 3 is 2.39 bits per heavy atom. The summed E-state index contributed by atoms with van der Waals surface area (Å²) in [5.41, 5.74) is 0.887. The topological polar surface area (TPSA) is 246 Å². The number of nitrogens with zero attached hydrogens (tertiary/aromatic N) is 2. The molecule has 0 spiro atoms. The van der Waals surface area contributed by atoms with E-state index < -0.39 is 80.8 Å². The summed E-state index contributed by atoms with van der Waals surface area (Å²) in [4.78, 5) is 63.3. The predicted octanol–water partition coefficient (Wildman–Crippen LogP) is 2.70. The van der Waals surface area contributed by atoms with Crippen molar-refractivity contribution in [1.29, 1.82) is 0 Å². The molecule has 8 N–H and O–H groups in total. The summed E-state index contributed by atoms with van der Waals surface area (Å²) in [6.07, 6.45) is -0.435. The number of nitro groups is 1. The maximum atomic E-state index is 13.8. The minimum atomic E-state index is -2.72. The monoisotopic (exact) mass is 627 g/mol. The standard InChI is InChI=1S/C28H26ClN5O10/c1-33(2)16-9-15(32-27(41)31-14-4-3-12(29)8-17(14)34(43)44)22(36)20-13(16)6-10-5-11-7-18(35)21(26(30)40)25(39)28(11,42)24(38)19(10)23(20)37/h3-4,8-11,36-37,39,42H,5-7H2,1-2H3,(H2,30,40)(H2,31,32,41)/t10-,11+,28+/m1/s1. The van der Waals surface area contributed by atoms with Gasteiger partial charge in [0, 0.05) is 48.8 Å². The molecule has 5 rings (SSSR count). The molecule has 230 valence electrons. The molecule has 1 saturated carbocycles. The summed E-state index contributed by atoms with van der Waals surface area (Å²) in [5, 5.41) is 61.0. The van der Waals surface area contributed by atoms with Gasteiger partial charge in [-0.3, -0.25) is 24.5 Å². The number of benzene rings is 2. The molecule has 0 bridgehead atoms. The predicted molar refractivity (Wildman–Crippen MR) is 156 cm³/mol. The lowest BCUT2D eigenvalue weighted by Crippen LogP contribution is -2.58. The molecule has 3 amide bonds. The third-order valence-corrected chi connectivity index (χ3v) is 8.41. The number of urea groups is 1. The number of phenols is 1. The third-order valence-electron chi connectivity index (χ3n) is 8.17. The molecule has 0 aliphatic heterocycles. The number of nitrogens with two attached hydrogens (primary N) is 1. The van der Waals surface area contributed by atoms with E-state index in [0.29, 0.717) is 11.3 Å². The first kappa shape index (κ1) is 30.3. The van der Waals surface area contributed by atoms with Crippen LogP contribution in [0.4, 0.5) is 27.5 Å². The van der Waals surface area contributed by atoms with Gasteiger partial charge in [0.15, 0.2) is 17.1 Å². The second-order valence-electron chi connectivity index (χ2n) is 10.9. The van der Waals surface area contributed by atoms with E-state index in [1.165, 1.54) is 18.2 Å². The van der Waals surface area contributed by atoms with Crippen molar-refractivity contribution >= 4 is 63.6 Å². The molecule has 1 fully saturated rings. The minimum Gasteiger partial charge on any atom is -0.508 e. The van der Waals surface area contributed by atoms with E-state index in [0.717, 1.165) is 6.07 Å². The lowest BCUT2D eigenvalue weighted by Gasteiger charge is -2.46. The molecule has 3 atom stereocenters. The SMILES string of the molecule is CN(C)c1cc(NC(=O)Nc2ccc(Cl)cc2[N+](=O)[O-])c(O)c2c1C[C@H]1C[C@H]3CC(=O)C(C(N)=O)=C(O)[C@@]3(O)C(=O)C1=C2O. The van der Waals surface area contributed by atoms with E-state index in [2.05, 4.69) is 10.6 Å². The summed E-state index contributed by atoms with van der Waals surface area (Å²) in [5.74, 6) is -7.77. The van der Waals surface area contributed by atoms with Gasteiger partial charge in [-0.15, -0.1) is 0 Å².